The standard InChI is InChI=1S/C11H16N2O3S2/c1-16-8-7-12-11(17)13-9-3-5-10(6-4-9)18(2,14)15/h3-6H,7-8H2,1-2H3,(H2,12,13,17). The number of hydrogen-bond donors (Lipinski definition) is 2. The summed E-state index contributed by atoms with van der Waals surface area (Å²) in [5, 5.41) is 6.37. The van der Waals surface area contributed by atoms with Crippen LogP contribution in [0.3, 0.4) is 0 Å². The number of rotatable bonds is 5. The molecule has 18 heavy (non-hydrogen) atoms. The molecule has 7 heteroatoms. The highest BCUT2D eigenvalue weighted by atomic mass is 32.2. The van der Waals surface area contributed by atoms with Crippen molar-refractivity contribution in [2.24, 2.45) is 0 Å². The molecule has 2 N–H and O–H groups in total. The van der Waals surface area contributed by atoms with Crippen LogP contribution >= 0.6 is 12.2 Å². The summed E-state index contributed by atoms with van der Waals surface area (Å²) in [7, 11) is -1.55. The third-order valence-electron chi connectivity index (χ3n) is 2.13. The molecule has 0 amide bonds. The Morgan fingerprint density at radius 2 is 1.94 bits per heavy atom. The zero-order chi connectivity index (χ0) is 13.6. The predicted molar refractivity (Wildman–Crippen MR) is 75.7 cm³/mol. The van der Waals surface area contributed by atoms with Gasteiger partial charge in [-0.15, -0.1) is 0 Å². The van der Waals surface area contributed by atoms with Gasteiger partial charge in [0.1, 0.15) is 0 Å². The molecule has 0 aromatic heterocycles. The molecule has 0 aliphatic heterocycles. The molecule has 0 radical (unpaired) electrons. The van der Waals surface area contributed by atoms with Crippen LogP contribution in [-0.2, 0) is 14.6 Å². The quantitative estimate of drug-likeness (QED) is 0.623. The van der Waals surface area contributed by atoms with Crippen molar-refractivity contribution in [3.8, 4) is 0 Å². The zero-order valence-electron chi connectivity index (χ0n) is 10.3. The Balaban J connectivity index is 2.56. The van der Waals surface area contributed by atoms with Crippen molar-refractivity contribution in [3.05, 3.63) is 24.3 Å². The van der Waals surface area contributed by atoms with Gasteiger partial charge < -0.3 is 15.4 Å². The minimum atomic E-state index is -3.16. The second-order valence-corrected chi connectivity index (χ2v) is 6.09. The first-order valence-electron chi connectivity index (χ1n) is 5.27. The second kappa shape index (κ2) is 6.67. The number of hydrogen-bond acceptors (Lipinski definition) is 4. The lowest BCUT2D eigenvalue weighted by Gasteiger charge is -2.10. The van der Waals surface area contributed by atoms with Gasteiger partial charge >= 0.3 is 0 Å². The van der Waals surface area contributed by atoms with Gasteiger partial charge in [0.05, 0.1) is 11.5 Å². The van der Waals surface area contributed by atoms with Crippen LogP contribution in [0.2, 0.25) is 0 Å². The van der Waals surface area contributed by atoms with Crippen LogP contribution in [0.25, 0.3) is 0 Å². The van der Waals surface area contributed by atoms with E-state index in [1.807, 2.05) is 0 Å². The molecule has 0 aliphatic rings. The fraction of sp³-hybridized carbons (Fsp3) is 0.364. The first-order valence-corrected chi connectivity index (χ1v) is 7.57. The molecule has 0 aliphatic carbocycles. The van der Waals surface area contributed by atoms with Crippen molar-refractivity contribution in [1.29, 1.82) is 0 Å². The maximum atomic E-state index is 11.3. The first-order chi connectivity index (χ1) is 8.43. The second-order valence-electron chi connectivity index (χ2n) is 3.67. The summed E-state index contributed by atoms with van der Waals surface area (Å²) in [5.41, 5.74) is 0.734. The molecule has 0 fully saturated rings. The first kappa shape index (κ1) is 14.9. The highest BCUT2D eigenvalue weighted by molar-refractivity contribution is 7.90. The largest absolute Gasteiger partial charge is 0.383 e. The van der Waals surface area contributed by atoms with E-state index in [9.17, 15) is 8.42 Å². The van der Waals surface area contributed by atoms with Gasteiger partial charge in [0.25, 0.3) is 0 Å². The van der Waals surface area contributed by atoms with Crippen molar-refractivity contribution in [2.45, 2.75) is 4.90 Å². The van der Waals surface area contributed by atoms with Gasteiger partial charge in [-0.1, -0.05) is 0 Å². The Bertz CT molecular complexity index is 498. The highest BCUT2D eigenvalue weighted by Gasteiger charge is 2.06. The van der Waals surface area contributed by atoms with E-state index in [1.54, 1.807) is 19.2 Å². The smallest absolute Gasteiger partial charge is 0.175 e. The Kier molecular flexibility index (Phi) is 5.52. The Morgan fingerprint density at radius 3 is 2.44 bits per heavy atom. The molecule has 100 valence electrons. The predicted octanol–water partition coefficient (Wildman–Crippen LogP) is 1.02. The molecule has 0 atom stereocenters. The lowest BCUT2D eigenvalue weighted by Crippen LogP contribution is -2.31. The minimum Gasteiger partial charge on any atom is -0.383 e. The molecule has 0 saturated heterocycles. The summed E-state index contributed by atoms with van der Waals surface area (Å²) in [6.45, 7) is 1.18. The summed E-state index contributed by atoms with van der Waals surface area (Å²) in [5.74, 6) is 0. The average Bonchev–Trinajstić information content (AvgIpc) is 2.29. The number of anilines is 1. The van der Waals surface area contributed by atoms with Crippen LogP contribution < -0.4 is 10.6 Å². The zero-order valence-corrected chi connectivity index (χ0v) is 11.9. The van der Waals surface area contributed by atoms with Gasteiger partial charge in [0, 0.05) is 25.6 Å². The van der Waals surface area contributed by atoms with Gasteiger partial charge in [-0.3, -0.25) is 0 Å². The molecular weight excluding hydrogens is 272 g/mol. The molecule has 1 aromatic rings. The summed E-state index contributed by atoms with van der Waals surface area (Å²) < 4.78 is 27.4. The highest BCUT2D eigenvalue weighted by Crippen LogP contribution is 2.13. The van der Waals surface area contributed by atoms with Crippen LogP contribution in [0, 0.1) is 0 Å². The van der Waals surface area contributed by atoms with Crippen molar-refractivity contribution in [3.63, 3.8) is 0 Å². The van der Waals surface area contributed by atoms with Crippen molar-refractivity contribution >= 4 is 32.9 Å². The average molecular weight is 288 g/mol. The normalized spacial score (nSPS) is 11.0. The van der Waals surface area contributed by atoms with Crippen LogP contribution in [0.1, 0.15) is 0 Å². The van der Waals surface area contributed by atoms with E-state index in [-0.39, 0.29) is 4.90 Å². The van der Waals surface area contributed by atoms with Crippen molar-refractivity contribution < 1.29 is 13.2 Å². The molecule has 0 saturated carbocycles. The van der Waals surface area contributed by atoms with Crippen LogP contribution in [0.15, 0.2) is 29.2 Å². The maximum Gasteiger partial charge on any atom is 0.175 e. The van der Waals surface area contributed by atoms with E-state index in [2.05, 4.69) is 10.6 Å². The summed E-state index contributed by atoms with van der Waals surface area (Å²) in [6.07, 6.45) is 1.17. The fourth-order valence-electron chi connectivity index (χ4n) is 1.23. The van der Waals surface area contributed by atoms with E-state index < -0.39 is 9.84 Å². The number of ether oxygens (including phenoxy) is 1. The number of sulfone groups is 1. The number of thiocarbonyl (C=S) groups is 1. The summed E-state index contributed by atoms with van der Waals surface area (Å²) in [6, 6.07) is 6.41. The van der Waals surface area contributed by atoms with E-state index >= 15 is 0 Å². The fourth-order valence-corrected chi connectivity index (χ4v) is 2.08. The van der Waals surface area contributed by atoms with Gasteiger partial charge in [-0.2, -0.15) is 0 Å². The van der Waals surface area contributed by atoms with Crippen molar-refractivity contribution in [2.75, 3.05) is 31.8 Å². The Labute approximate surface area is 112 Å². The minimum absolute atomic E-state index is 0.284. The van der Waals surface area contributed by atoms with Gasteiger partial charge in [0.15, 0.2) is 14.9 Å². The molecule has 5 nitrogen and oxygen atoms in total. The molecule has 0 bridgehead atoms. The molecule has 0 unspecified atom stereocenters. The van der Waals surface area contributed by atoms with Gasteiger partial charge in [0.2, 0.25) is 0 Å². The third kappa shape index (κ3) is 4.99. The third-order valence-corrected chi connectivity index (χ3v) is 3.51. The summed E-state index contributed by atoms with van der Waals surface area (Å²) in [4.78, 5) is 0.284. The SMILES string of the molecule is COCCNC(=S)Nc1ccc(S(C)(=O)=O)cc1. The molecule has 1 rings (SSSR count). The lowest BCUT2D eigenvalue weighted by atomic mass is 10.3. The Morgan fingerprint density at radius 1 is 1.33 bits per heavy atom. The van der Waals surface area contributed by atoms with E-state index in [4.69, 9.17) is 17.0 Å². The summed E-state index contributed by atoms with van der Waals surface area (Å²) >= 11 is 5.06. The molecule has 0 heterocycles. The van der Waals surface area contributed by atoms with E-state index in [0.29, 0.717) is 18.3 Å². The van der Waals surface area contributed by atoms with E-state index in [0.717, 1.165) is 5.69 Å². The molecule has 1 aromatic carbocycles. The lowest BCUT2D eigenvalue weighted by molar-refractivity contribution is 0.204. The van der Waals surface area contributed by atoms with Crippen molar-refractivity contribution in [1.82, 2.24) is 5.32 Å². The van der Waals surface area contributed by atoms with Crippen LogP contribution in [0.5, 0.6) is 0 Å². The molecular formula is C11H16N2O3S2. The number of benzene rings is 1. The Hall–Kier alpha value is -1.18. The molecule has 0 spiro atoms. The number of nitrogens with one attached hydrogen (secondary N) is 2. The number of methoxy groups -OCH3 is 1. The van der Waals surface area contributed by atoms with Crippen LogP contribution in [0.4, 0.5) is 5.69 Å². The monoisotopic (exact) mass is 288 g/mol. The van der Waals surface area contributed by atoms with Crippen LogP contribution in [-0.4, -0.2) is 40.0 Å². The topological polar surface area (TPSA) is 67.4 Å². The van der Waals surface area contributed by atoms with Gasteiger partial charge in [-0.25, -0.2) is 8.42 Å². The maximum absolute atomic E-state index is 11.3. The van der Waals surface area contributed by atoms with Gasteiger partial charge in [-0.05, 0) is 36.5 Å². The van der Waals surface area contributed by atoms with E-state index in [1.165, 1.54) is 18.4 Å².